The maximum atomic E-state index is 11.9. The summed E-state index contributed by atoms with van der Waals surface area (Å²) in [5, 5.41) is 4.85. The molecule has 2 heterocycles. The van der Waals surface area contributed by atoms with Gasteiger partial charge in [-0.15, -0.1) is 0 Å². The first-order valence-corrected chi connectivity index (χ1v) is 8.40. The lowest BCUT2D eigenvalue weighted by Gasteiger charge is -2.13. The first-order valence-electron chi connectivity index (χ1n) is 7.61. The number of benzene rings is 2. The largest absolute Gasteiger partial charge is 0.369 e. The molecule has 3 aromatic rings. The lowest BCUT2D eigenvalue weighted by Crippen LogP contribution is -2.27. The summed E-state index contributed by atoms with van der Waals surface area (Å²) in [6, 6.07) is 9.63. The summed E-state index contributed by atoms with van der Waals surface area (Å²) >= 11 is 3.58. The molecule has 0 bridgehead atoms. The molecule has 2 aromatic carbocycles. The standard InChI is InChI=1S/C17H15BrN4O2/c18-12-4-1-9(7-14(19)23)16-15(12)11-3-2-10(8-13(11)21-16)22-6-5-20-17(22)24/h1-4,8,21H,5-7H2,(H2,19,23)(H,20,24). The fourth-order valence-electron chi connectivity index (χ4n) is 3.24. The third kappa shape index (κ3) is 2.32. The van der Waals surface area contributed by atoms with Gasteiger partial charge in [-0.2, -0.15) is 0 Å². The van der Waals surface area contributed by atoms with Crippen molar-refractivity contribution in [1.29, 1.82) is 0 Å². The van der Waals surface area contributed by atoms with E-state index in [1.165, 1.54) is 0 Å². The van der Waals surface area contributed by atoms with Crippen LogP contribution in [0.1, 0.15) is 5.56 Å². The number of anilines is 1. The third-order valence-corrected chi connectivity index (χ3v) is 4.97. The van der Waals surface area contributed by atoms with Crippen LogP contribution in [0.3, 0.4) is 0 Å². The minimum absolute atomic E-state index is 0.0824. The van der Waals surface area contributed by atoms with Crippen LogP contribution in [-0.4, -0.2) is 30.0 Å². The van der Waals surface area contributed by atoms with Crippen LogP contribution in [0.15, 0.2) is 34.8 Å². The molecule has 1 fully saturated rings. The van der Waals surface area contributed by atoms with Crippen molar-refractivity contribution >= 4 is 55.4 Å². The van der Waals surface area contributed by atoms with Gasteiger partial charge in [0.1, 0.15) is 0 Å². The zero-order valence-electron chi connectivity index (χ0n) is 12.7. The number of carbonyl (C=O) groups is 2. The smallest absolute Gasteiger partial charge is 0.321 e. The van der Waals surface area contributed by atoms with E-state index in [1.54, 1.807) is 4.90 Å². The highest BCUT2D eigenvalue weighted by molar-refractivity contribution is 9.10. The molecule has 0 aliphatic carbocycles. The number of halogens is 1. The van der Waals surface area contributed by atoms with Crippen molar-refractivity contribution in [1.82, 2.24) is 10.3 Å². The van der Waals surface area contributed by atoms with E-state index in [4.69, 9.17) is 5.73 Å². The summed E-state index contributed by atoms with van der Waals surface area (Å²) in [6.07, 6.45) is 0.179. The van der Waals surface area contributed by atoms with E-state index in [0.717, 1.165) is 37.5 Å². The summed E-state index contributed by atoms with van der Waals surface area (Å²) in [4.78, 5) is 28.3. The van der Waals surface area contributed by atoms with Crippen LogP contribution in [0.4, 0.5) is 10.5 Å². The number of nitrogens with zero attached hydrogens (tertiary/aromatic N) is 1. The average Bonchev–Trinajstić information content (AvgIpc) is 3.13. The Morgan fingerprint density at radius 3 is 2.83 bits per heavy atom. The van der Waals surface area contributed by atoms with E-state index in [1.807, 2.05) is 30.3 Å². The number of fused-ring (bicyclic) bond motifs is 3. The topological polar surface area (TPSA) is 91.2 Å². The number of aromatic amines is 1. The van der Waals surface area contributed by atoms with Gasteiger partial charge in [0.15, 0.2) is 0 Å². The van der Waals surface area contributed by atoms with Crippen LogP contribution in [0, 0.1) is 0 Å². The van der Waals surface area contributed by atoms with Crippen LogP contribution < -0.4 is 16.0 Å². The van der Waals surface area contributed by atoms with Crippen molar-refractivity contribution in [2.75, 3.05) is 18.0 Å². The lowest BCUT2D eigenvalue weighted by atomic mass is 10.1. The Balaban J connectivity index is 1.92. The molecule has 0 atom stereocenters. The van der Waals surface area contributed by atoms with Crippen LogP contribution >= 0.6 is 15.9 Å². The zero-order valence-corrected chi connectivity index (χ0v) is 14.3. The number of aromatic nitrogens is 1. The zero-order chi connectivity index (χ0) is 16.8. The molecular formula is C17H15BrN4O2. The second kappa shape index (κ2) is 5.52. The van der Waals surface area contributed by atoms with Gasteiger partial charge in [-0.1, -0.05) is 28.1 Å². The van der Waals surface area contributed by atoms with Gasteiger partial charge in [-0.3, -0.25) is 9.69 Å². The number of nitrogens with one attached hydrogen (secondary N) is 2. The van der Waals surface area contributed by atoms with E-state index >= 15 is 0 Å². The summed E-state index contributed by atoms with van der Waals surface area (Å²) in [5.41, 5.74) is 8.86. The highest BCUT2D eigenvalue weighted by Crippen LogP contribution is 2.35. The Bertz CT molecular complexity index is 995. The van der Waals surface area contributed by atoms with Crippen LogP contribution in [-0.2, 0) is 11.2 Å². The van der Waals surface area contributed by atoms with Crippen molar-refractivity contribution in [3.63, 3.8) is 0 Å². The van der Waals surface area contributed by atoms with E-state index in [9.17, 15) is 9.59 Å². The Morgan fingerprint density at radius 1 is 1.29 bits per heavy atom. The van der Waals surface area contributed by atoms with Crippen LogP contribution in [0.25, 0.3) is 21.8 Å². The van der Waals surface area contributed by atoms with Gasteiger partial charge in [-0.05, 0) is 23.8 Å². The maximum Gasteiger partial charge on any atom is 0.321 e. The lowest BCUT2D eigenvalue weighted by molar-refractivity contribution is -0.117. The predicted molar refractivity (Wildman–Crippen MR) is 97.1 cm³/mol. The van der Waals surface area contributed by atoms with E-state index in [2.05, 4.69) is 26.2 Å². The number of amides is 3. The molecule has 0 radical (unpaired) electrons. The second-order valence-corrected chi connectivity index (χ2v) is 6.69. The quantitative estimate of drug-likeness (QED) is 0.645. The molecule has 122 valence electrons. The van der Waals surface area contributed by atoms with Gasteiger partial charge in [0.05, 0.1) is 11.9 Å². The van der Waals surface area contributed by atoms with Crippen LogP contribution in [0.2, 0.25) is 0 Å². The first kappa shape index (κ1) is 15.0. The van der Waals surface area contributed by atoms with Gasteiger partial charge in [0, 0.05) is 39.5 Å². The highest BCUT2D eigenvalue weighted by Gasteiger charge is 2.22. The van der Waals surface area contributed by atoms with E-state index in [-0.39, 0.29) is 18.4 Å². The number of H-pyrrole nitrogens is 1. The minimum Gasteiger partial charge on any atom is -0.369 e. The molecule has 3 amide bonds. The monoisotopic (exact) mass is 386 g/mol. The molecule has 0 spiro atoms. The fraction of sp³-hybridized carbons (Fsp3) is 0.176. The van der Waals surface area contributed by atoms with Crippen LogP contribution in [0.5, 0.6) is 0 Å². The molecule has 0 unspecified atom stereocenters. The predicted octanol–water partition coefficient (Wildman–Crippen LogP) is 2.64. The van der Waals surface area contributed by atoms with Gasteiger partial charge in [0.2, 0.25) is 5.91 Å². The number of primary amides is 1. The summed E-state index contributed by atoms with van der Waals surface area (Å²) in [5.74, 6) is -0.369. The second-order valence-electron chi connectivity index (χ2n) is 5.84. The van der Waals surface area contributed by atoms with Crippen molar-refractivity contribution in [3.8, 4) is 0 Å². The molecular weight excluding hydrogens is 372 g/mol. The van der Waals surface area contributed by atoms with E-state index in [0.29, 0.717) is 13.1 Å². The number of carbonyl (C=O) groups excluding carboxylic acids is 2. The molecule has 6 nitrogen and oxygen atoms in total. The molecule has 7 heteroatoms. The Labute approximate surface area is 146 Å². The number of urea groups is 1. The highest BCUT2D eigenvalue weighted by atomic mass is 79.9. The van der Waals surface area contributed by atoms with Gasteiger partial charge in [-0.25, -0.2) is 4.79 Å². The normalized spacial score (nSPS) is 14.5. The molecule has 0 saturated carbocycles. The molecule has 4 N–H and O–H groups in total. The number of hydrogen-bond donors (Lipinski definition) is 3. The van der Waals surface area contributed by atoms with Gasteiger partial charge >= 0.3 is 6.03 Å². The van der Waals surface area contributed by atoms with Crippen molar-refractivity contribution < 1.29 is 9.59 Å². The third-order valence-electron chi connectivity index (χ3n) is 4.31. The number of rotatable bonds is 3. The first-order chi connectivity index (χ1) is 11.5. The van der Waals surface area contributed by atoms with Crippen molar-refractivity contribution in [2.24, 2.45) is 5.73 Å². The fourth-order valence-corrected chi connectivity index (χ4v) is 3.78. The Morgan fingerprint density at radius 2 is 2.12 bits per heavy atom. The number of hydrogen-bond acceptors (Lipinski definition) is 2. The summed E-state index contributed by atoms with van der Waals surface area (Å²) in [6.45, 7) is 1.30. The maximum absolute atomic E-state index is 11.9. The molecule has 4 rings (SSSR count). The molecule has 1 aliphatic heterocycles. The van der Waals surface area contributed by atoms with Gasteiger partial charge < -0.3 is 16.0 Å². The Hall–Kier alpha value is -2.54. The molecule has 1 saturated heterocycles. The van der Waals surface area contributed by atoms with Crippen molar-refractivity contribution in [2.45, 2.75) is 6.42 Å². The van der Waals surface area contributed by atoms with Gasteiger partial charge in [0.25, 0.3) is 0 Å². The Kier molecular flexibility index (Phi) is 3.45. The SMILES string of the molecule is NC(=O)Cc1ccc(Br)c2c1[nH]c1cc(N3CCNC3=O)ccc12. The number of nitrogens with two attached hydrogens (primary N) is 1. The average molecular weight is 387 g/mol. The molecule has 1 aromatic heterocycles. The molecule has 1 aliphatic rings. The molecule has 24 heavy (non-hydrogen) atoms. The van der Waals surface area contributed by atoms with Crippen molar-refractivity contribution in [3.05, 3.63) is 40.4 Å². The summed E-state index contributed by atoms with van der Waals surface area (Å²) < 4.78 is 0.948. The summed E-state index contributed by atoms with van der Waals surface area (Å²) in [7, 11) is 0. The van der Waals surface area contributed by atoms with E-state index < -0.39 is 0 Å². The minimum atomic E-state index is -0.369.